The first kappa shape index (κ1) is 21.9. The van der Waals surface area contributed by atoms with Gasteiger partial charge in [-0.3, -0.25) is 4.79 Å². The SMILES string of the molecule is CC1CCCCC1NC(=NCC(=O)N(C)C)NC1CCCSC1.I. The number of amides is 1. The lowest BCUT2D eigenvalue weighted by Crippen LogP contribution is -2.51. The molecule has 2 fully saturated rings. The molecule has 140 valence electrons. The summed E-state index contributed by atoms with van der Waals surface area (Å²) in [5, 5.41) is 7.17. The fourth-order valence-electron chi connectivity index (χ4n) is 3.18. The molecule has 3 unspecified atom stereocenters. The van der Waals surface area contributed by atoms with Gasteiger partial charge in [0.15, 0.2) is 5.96 Å². The lowest BCUT2D eigenvalue weighted by molar-refractivity contribution is -0.127. The normalized spacial score (nSPS) is 27.8. The molecule has 5 nitrogen and oxygen atoms in total. The first-order chi connectivity index (χ1) is 11.1. The monoisotopic (exact) mass is 468 g/mol. The van der Waals surface area contributed by atoms with Crippen LogP contribution in [0.2, 0.25) is 0 Å². The summed E-state index contributed by atoms with van der Waals surface area (Å²) < 4.78 is 0. The maximum atomic E-state index is 11.9. The summed E-state index contributed by atoms with van der Waals surface area (Å²) in [6.07, 6.45) is 7.54. The van der Waals surface area contributed by atoms with Crippen LogP contribution < -0.4 is 10.6 Å². The molecule has 2 aliphatic rings. The zero-order valence-electron chi connectivity index (χ0n) is 15.2. The number of rotatable bonds is 4. The van der Waals surface area contributed by atoms with Crippen molar-refractivity contribution in [3.63, 3.8) is 0 Å². The Morgan fingerprint density at radius 1 is 1.17 bits per heavy atom. The lowest BCUT2D eigenvalue weighted by atomic mass is 9.86. The molecule has 3 atom stereocenters. The van der Waals surface area contributed by atoms with Crippen molar-refractivity contribution in [1.82, 2.24) is 15.5 Å². The zero-order chi connectivity index (χ0) is 16.7. The number of carbonyl (C=O) groups is 1. The van der Waals surface area contributed by atoms with E-state index in [0.29, 0.717) is 18.0 Å². The average Bonchev–Trinajstić information content (AvgIpc) is 2.55. The van der Waals surface area contributed by atoms with Crippen molar-refractivity contribution in [2.75, 3.05) is 32.1 Å². The van der Waals surface area contributed by atoms with Gasteiger partial charge in [-0.2, -0.15) is 11.8 Å². The molecular weight excluding hydrogens is 435 g/mol. The lowest BCUT2D eigenvalue weighted by Gasteiger charge is -2.32. The van der Waals surface area contributed by atoms with E-state index in [1.165, 1.54) is 44.3 Å². The van der Waals surface area contributed by atoms with Gasteiger partial charge in [0.2, 0.25) is 5.91 Å². The molecule has 0 aromatic rings. The number of guanidine groups is 1. The van der Waals surface area contributed by atoms with Crippen LogP contribution in [-0.2, 0) is 4.79 Å². The predicted molar refractivity (Wildman–Crippen MR) is 114 cm³/mol. The maximum Gasteiger partial charge on any atom is 0.243 e. The topological polar surface area (TPSA) is 56.7 Å². The molecule has 24 heavy (non-hydrogen) atoms. The van der Waals surface area contributed by atoms with Crippen molar-refractivity contribution in [3.8, 4) is 0 Å². The number of halogens is 1. The molecule has 0 aromatic carbocycles. The summed E-state index contributed by atoms with van der Waals surface area (Å²) in [5.74, 6) is 3.92. The van der Waals surface area contributed by atoms with E-state index in [-0.39, 0.29) is 36.4 Å². The largest absolute Gasteiger partial charge is 0.353 e. The van der Waals surface area contributed by atoms with Crippen LogP contribution in [0.3, 0.4) is 0 Å². The number of hydrogen-bond acceptors (Lipinski definition) is 3. The van der Waals surface area contributed by atoms with Crippen molar-refractivity contribution in [1.29, 1.82) is 0 Å². The molecule has 0 spiro atoms. The Kier molecular flexibility index (Phi) is 10.4. The second kappa shape index (κ2) is 11.4. The molecule has 0 bridgehead atoms. The molecule has 1 saturated heterocycles. The molecule has 1 amide bonds. The van der Waals surface area contributed by atoms with Gasteiger partial charge < -0.3 is 15.5 Å². The molecule has 7 heteroatoms. The number of nitrogens with one attached hydrogen (secondary N) is 2. The van der Waals surface area contributed by atoms with E-state index in [0.717, 1.165) is 11.7 Å². The van der Waals surface area contributed by atoms with Crippen LogP contribution in [0.25, 0.3) is 0 Å². The van der Waals surface area contributed by atoms with E-state index < -0.39 is 0 Å². The van der Waals surface area contributed by atoms with Crippen LogP contribution >= 0.6 is 35.7 Å². The van der Waals surface area contributed by atoms with E-state index in [1.807, 2.05) is 11.8 Å². The summed E-state index contributed by atoms with van der Waals surface area (Å²) in [7, 11) is 3.55. The number of hydrogen-bond donors (Lipinski definition) is 2. The molecule has 1 aliphatic carbocycles. The van der Waals surface area contributed by atoms with Crippen LogP contribution in [0.1, 0.15) is 45.4 Å². The smallest absolute Gasteiger partial charge is 0.243 e. The Bertz CT molecular complexity index is 413. The van der Waals surface area contributed by atoms with E-state index in [2.05, 4.69) is 22.5 Å². The second-order valence-corrected chi connectivity index (χ2v) is 8.17. The first-order valence-corrected chi connectivity index (χ1v) is 10.1. The molecule has 1 heterocycles. The first-order valence-electron chi connectivity index (χ1n) is 8.91. The minimum atomic E-state index is 0. The third-order valence-corrected chi connectivity index (χ3v) is 6.02. The van der Waals surface area contributed by atoms with Gasteiger partial charge in [-0.1, -0.05) is 19.8 Å². The van der Waals surface area contributed by atoms with Crippen molar-refractivity contribution in [2.24, 2.45) is 10.9 Å². The van der Waals surface area contributed by atoms with Crippen LogP contribution in [0.15, 0.2) is 4.99 Å². The fraction of sp³-hybridized carbons (Fsp3) is 0.882. The minimum absolute atomic E-state index is 0. The molecule has 2 N–H and O–H groups in total. The number of likely N-dealkylation sites (N-methyl/N-ethyl adjacent to an activating group) is 1. The van der Waals surface area contributed by atoms with Gasteiger partial charge in [-0.15, -0.1) is 24.0 Å². The Balaban J connectivity index is 0.00000288. The summed E-state index contributed by atoms with van der Waals surface area (Å²) in [5.41, 5.74) is 0. The number of carbonyl (C=O) groups excluding carboxylic acids is 1. The van der Waals surface area contributed by atoms with Crippen molar-refractivity contribution in [3.05, 3.63) is 0 Å². The highest BCUT2D eigenvalue weighted by molar-refractivity contribution is 14.0. The van der Waals surface area contributed by atoms with Gasteiger partial charge in [0.1, 0.15) is 6.54 Å². The standard InChI is InChI=1S/C17H32N4OS.HI/c1-13-7-4-5-9-15(13)20-17(18-11-16(22)21(2)3)19-14-8-6-10-23-12-14;/h13-15H,4-12H2,1-3H3,(H2,18,19,20);1H. The predicted octanol–water partition coefficient (Wildman–Crippen LogP) is 2.70. The van der Waals surface area contributed by atoms with Crippen molar-refractivity contribution < 1.29 is 4.79 Å². The highest BCUT2D eigenvalue weighted by Gasteiger charge is 2.23. The summed E-state index contributed by atoms with van der Waals surface area (Å²) in [6.45, 7) is 2.53. The molecule has 2 rings (SSSR count). The molecule has 1 saturated carbocycles. The van der Waals surface area contributed by atoms with Crippen LogP contribution in [0, 0.1) is 5.92 Å². The Morgan fingerprint density at radius 2 is 1.92 bits per heavy atom. The van der Waals surface area contributed by atoms with Gasteiger partial charge >= 0.3 is 0 Å². The van der Waals surface area contributed by atoms with E-state index in [4.69, 9.17) is 0 Å². The molecule has 1 aliphatic heterocycles. The van der Waals surface area contributed by atoms with Crippen LogP contribution in [-0.4, -0.2) is 61.0 Å². The van der Waals surface area contributed by atoms with E-state index >= 15 is 0 Å². The van der Waals surface area contributed by atoms with Gasteiger partial charge in [-0.05, 0) is 37.4 Å². The Morgan fingerprint density at radius 3 is 2.54 bits per heavy atom. The Hall–Kier alpha value is -0.180. The molecule has 0 radical (unpaired) electrons. The van der Waals surface area contributed by atoms with Crippen LogP contribution in [0.5, 0.6) is 0 Å². The molecular formula is C17H33IN4OS. The summed E-state index contributed by atoms with van der Waals surface area (Å²) in [4.78, 5) is 18.0. The summed E-state index contributed by atoms with van der Waals surface area (Å²) in [6, 6.07) is 0.939. The second-order valence-electron chi connectivity index (χ2n) is 7.02. The average molecular weight is 468 g/mol. The van der Waals surface area contributed by atoms with Crippen molar-refractivity contribution >= 4 is 47.6 Å². The number of thioether (sulfide) groups is 1. The fourth-order valence-corrected chi connectivity index (χ4v) is 4.25. The number of nitrogens with zero attached hydrogens (tertiary/aromatic N) is 2. The summed E-state index contributed by atoms with van der Waals surface area (Å²) >= 11 is 2.00. The van der Waals surface area contributed by atoms with E-state index in [9.17, 15) is 4.79 Å². The van der Waals surface area contributed by atoms with Gasteiger partial charge in [-0.25, -0.2) is 4.99 Å². The zero-order valence-corrected chi connectivity index (χ0v) is 18.4. The third kappa shape index (κ3) is 7.37. The van der Waals surface area contributed by atoms with Gasteiger partial charge in [0, 0.05) is 31.9 Å². The highest BCUT2D eigenvalue weighted by Crippen LogP contribution is 2.23. The quantitative estimate of drug-likeness (QED) is 0.379. The van der Waals surface area contributed by atoms with Gasteiger partial charge in [0.05, 0.1) is 0 Å². The van der Waals surface area contributed by atoms with E-state index in [1.54, 1.807) is 19.0 Å². The Labute approximate surface area is 168 Å². The maximum absolute atomic E-state index is 11.9. The van der Waals surface area contributed by atoms with Gasteiger partial charge in [0.25, 0.3) is 0 Å². The minimum Gasteiger partial charge on any atom is -0.353 e. The third-order valence-electron chi connectivity index (χ3n) is 4.81. The van der Waals surface area contributed by atoms with Crippen molar-refractivity contribution in [2.45, 2.75) is 57.5 Å². The number of aliphatic imine (C=N–C) groups is 1. The van der Waals surface area contributed by atoms with Crippen LogP contribution in [0.4, 0.5) is 0 Å². The molecule has 0 aromatic heterocycles. The highest BCUT2D eigenvalue weighted by atomic mass is 127.